The Hall–Kier alpha value is -1.67. The molecular formula is C9H14O8. The Bertz CT molecular complexity index is 312. The summed E-state index contributed by atoms with van der Waals surface area (Å²) >= 11 is 0. The van der Waals surface area contributed by atoms with Gasteiger partial charge in [0.25, 0.3) is 0 Å². The third kappa shape index (κ3) is 5.27. The molecule has 0 rings (SSSR count). The van der Waals surface area contributed by atoms with Crippen molar-refractivity contribution < 1.29 is 39.2 Å². The molecule has 0 aromatic carbocycles. The zero-order chi connectivity index (χ0) is 13.6. The van der Waals surface area contributed by atoms with Crippen molar-refractivity contribution in [1.29, 1.82) is 0 Å². The van der Waals surface area contributed by atoms with Crippen LogP contribution in [0.2, 0.25) is 0 Å². The Morgan fingerprint density at radius 1 is 1.24 bits per heavy atom. The van der Waals surface area contributed by atoms with E-state index in [1.807, 2.05) is 0 Å². The lowest BCUT2D eigenvalue weighted by atomic mass is 9.96. The van der Waals surface area contributed by atoms with E-state index in [-0.39, 0.29) is 0 Å². The first-order chi connectivity index (χ1) is 7.71. The van der Waals surface area contributed by atoms with Gasteiger partial charge >= 0.3 is 17.9 Å². The maximum atomic E-state index is 11.2. The first-order valence-corrected chi connectivity index (χ1v) is 4.61. The Morgan fingerprint density at radius 2 is 1.76 bits per heavy atom. The number of carbonyl (C=O) groups is 3. The van der Waals surface area contributed by atoms with Gasteiger partial charge in [-0.15, -0.1) is 0 Å². The van der Waals surface area contributed by atoms with Gasteiger partial charge in [0.15, 0.2) is 11.9 Å². The van der Waals surface area contributed by atoms with Gasteiger partial charge in [0, 0.05) is 7.11 Å². The van der Waals surface area contributed by atoms with Crippen molar-refractivity contribution in [2.75, 3.05) is 7.11 Å². The first-order valence-electron chi connectivity index (χ1n) is 4.61. The number of rotatable bonds is 7. The zero-order valence-corrected chi connectivity index (χ0v) is 9.37. The lowest BCUT2D eigenvalue weighted by Crippen LogP contribution is -2.43. The number of carboxylic acid groups (broad SMARTS) is 2. The molecule has 2 atom stereocenters. The molecule has 0 fully saturated rings. The molecule has 17 heavy (non-hydrogen) atoms. The number of carbonyl (C=O) groups excluding carboxylic acids is 1. The summed E-state index contributed by atoms with van der Waals surface area (Å²) in [6, 6.07) is 0. The minimum absolute atomic E-state index is 0.912. The number of ether oxygens (including phenoxy) is 2. The van der Waals surface area contributed by atoms with Crippen molar-refractivity contribution in [2.24, 2.45) is 0 Å². The molecule has 0 aromatic rings. The van der Waals surface area contributed by atoms with Gasteiger partial charge in [-0.25, -0.2) is 4.79 Å². The summed E-state index contributed by atoms with van der Waals surface area (Å²) in [4.78, 5) is 32.3. The van der Waals surface area contributed by atoms with E-state index >= 15 is 0 Å². The highest BCUT2D eigenvalue weighted by Gasteiger charge is 2.41. The van der Waals surface area contributed by atoms with Gasteiger partial charge in [-0.05, 0) is 6.92 Å². The largest absolute Gasteiger partial charge is 0.481 e. The van der Waals surface area contributed by atoms with Gasteiger partial charge < -0.3 is 24.8 Å². The molecule has 0 saturated carbocycles. The molecule has 0 aromatic heterocycles. The van der Waals surface area contributed by atoms with E-state index in [4.69, 9.17) is 10.2 Å². The molecule has 0 radical (unpaired) electrons. The molecule has 0 saturated heterocycles. The summed E-state index contributed by atoms with van der Waals surface area (Å²) < 4.78 is 9.14. The van der Waals surface area contributed by atoms with Crippen LogP contribution in [-0.4, -0.2) is 52.2 Å². The highest BCUT2D eigenvalue weighted by Crippen LogP contribution is 2.17. The van der Waals surface area contributed by atoms with Crippen molar-refractivity contribution in [3.63, 3.8) is 0 Å². The minimum atomic E-state index is -2.68. The number of carboxylic acids is 2. The summed E-state index contributed by atoms with van der Waals surface area (Å²) in [5.74, 6) is -4.41. The van der Waals surface area contributed by atoms with Crippen LogP contribution >= 0.6 is 0 Å². The molecule has 0 spiro atoms. The van der Waals surface area contributed by atoms with Crippen LogP contribution < -0.4 is 0 Å². The third-order valence-electron chi connectivity index (χ3n) is 1.91. The smallest absolute Gasteiger partial charge is 0.336 e. The normalized spacial score (nSPS) is 15.7. The van der Waals surface area contributed by atoms with Crippen LogP contribution in [0.1, 0.15) is 19.8 Å². The van der Waals surface area contributed by atoms with Gasteiger partial charge in [-0.3, -0.25) is 9.59 Å². The van der Waals surface area contributed by atoms with E-state index in [1.54, 1.807) is 0 Å². The molecule has 0 aliphatic rings. The molecule has 0 aliphatic heterocycles. The molecular weight excluding hydrogens is 236 g/mol. The molecule has 0 heterocycles. The maximum Gasteiger partial charge on any atom is 0.336 e. The molecule has 0 amide bonds. The van der Waals surface area contributed by atoms with Gasteiger partial charge in [0.2, 0.25) is 0 Å². The van der Waals surface area contributed by atoms with Crippen molar-refractivity contribution in [3.8, 4) is 0 Å². The van der Waals surface area contributed by atoms with Crippen molar-refractivity contribution in [3.05, 3.63) is 0 Å². The topological polar surface area (TPSA) is 130 Å². The molecule has 8 nitrogen and oxygen atoms in total. The predicted octanol–water partition coefficient (Wildman–Crippen LogP) is -0.797. The standard InChI is InChI=1S/C9H14O8/c1-5(16-2)17-7(12)4-9(15,8(13)14)3-6(10)11/h5,15H,3-4H2,1-2H3,(H,10,11)(H,13,14). The van der Waals surface area contributed by atoms with Crippen molar-refractivity contribution >= 4 is 17.9 Å². The molecule has 8 heteroatoms. The van der Waals surface area contributed by atoms with Gasteiger partial charge in [-0.1, -0.05) is 0 Å². The molecule has 0 aliphatic carbocycles. The van der Waals surface area contributed by atoms with E-state index in [0.717, 1.165) is 0 Å². The average Bonchev–Trinajstić information content (AvgIpc) is 2.15. The fourth-order valence-electron chi connectivity index (χ4n) is 0.978. The number of hydrogen-bond donors (Lipinski definition) is 3. The Morgan fingerprint density at radius 3 is 2.12 bits per heavy atom. The first kappa shape index (κ1) is 15.3. The fraction of sp³-hybridized carbons (Fsp3) is 0.667. The highest BCUT2D eigenvalue weighted by molar-refractivity contribution is 5.88. The monoisotopic (exact) mass is 250 g/mol. The van der Waals surface area contributed by atoms with Crippen LogP contribution in [0, 0.1) is 0 Å². The molecule has 0 bridgehead atoms. The number of aliphatic carboxylic acids is 2. The van der Waals surface area contributed by atoms with Crippen LogP contribution in [0.4, 0.5) is 0 Å². The SMILES string of the molecule is COC(C)OC(=O)CC(O)(CC(=O)O)C(=O)O. The van der Waals surface area contributed by atoms with E-state index in [0.29, 0.717) is 0 Å². The van der Waals surface area contributed by atoms with E-state index < -0.39 is 42.6 Å². The third-order valence-corrected chi connectivity index (χ3v) is 1.91. The number of methoxy groups -OCH3 is 1. The predicted molar refractivity (Wildman–Crippen MR) is 52.0 cm³/mol. The Labute approximate surface area is 96.8 Å². The molecule has 2 unspecified atom stereocenters. The summed E-state index contributed by atoms with van der Waals surface area (Å²) in [6.45, 7) is 1.38. The average molecular weight is 250 g/mol. The van der Waals surface area contributed by atoms with Crippen LogP contribution in [-0.2, 0) is 23.9 Å². The summed E-state index contributed by atoms with van der Waals surface area (Å²) in [5.41, 5.74) is -2.68. The number of aliphatic hydroxyl groups is 1. The summed E-state index contributed by atoms with van der Waals surface area (Å²) in [7, 11) is 1.26. The van der Waals surface area contributed by atoms with E-state index in [1.165, 1.54) is 14.0 Å². The lowest BCUT2D eigenvalue weighted by molar-refractivity contribution is -0.183. The zero-order valence-electron chi connectivity index (χ0n) is 9.37. The van der Waals surface area contributed by atoms with Crippen molar-refractivity contribution in [1.82, 2.24) is 0 Å². The lowest BCUT2D eigenvalue weighted by Gasteiger charge is -2.21. The Balaban J connectivity index is 4.60. The second-order valence-corrected chi connectivity index (χ2v) is 3.38. The second kappa shape index (κ2) is 6.16. The Kier molecular flexibility index (Phi) is 5.56. The summed E-state index contributed by atoms with van der Waals surface area (Å²) in [5, 5.41) is 26.6. The van der Waals surface area contributed by atoms with Crippen LogP contribution in [0.15, 0.2) is 0 Å². The van der Waals surface area contributed by atoms with Gasteiger partial charge in [-0.2, -0.15) is 0 Å². The quantitative estimate of drug-likeness (QED) is 0.395. The number of hydrogen-bond acceptors (Lipinski definition) is 6. The maximum absolute atomic E-state index is 11.2. The van der Waals surface area contributed by atoms with Gasteiger partial charge in [0.05, 0.1) is 12.8 Å². The molecule has 98 valence electrons. The highest BCUT2D eigenvalue weighted by atomic mass is 16.7. The van der Waals surface area contributed by atoms with Crippen LogP contribution in [0.5, 0.6) is 0 Å². The van der Waals surface area contributed by atoms with Crippen LogP contribution in [0.25, 0.3) is 0 Å². The van der Waals surface area contributed by atoms with E-state index in [2.05, 4.69) is 9.47 Å². The second-order valence-electron chi connectivity index (χ2n) is 3.38. The summed E-state index contributed by atoms with van der Waals surface area (Å²) in [6.07, 6.45) is -2.98. The fourth-order valence-corrected chi connectivity index (χ4v) is 0.978. The number of esters is 1. The molecule has 3 N–H and O–H groups in total. The minimum Gasteiger partial charge on any atom is -0.481 e. The van der Waals surface area contributed by atoms with Crippen LogP contribution in [0.3, 0.4) is 0 Å². The van der Waals surface area contributed by atoms with Gasteiger partial charge in [0.1, 0.15) is 0 Å². The van der Waals surface area contributed by atoms with Crippen molar-refractivity contribution in [2.45, 2.75) is 31.7 Å². The van der Waals surface area contributed by atoms with E-state index in [9.17, 15) is 19.5 Å².